The molecule has 8 heteroatoms. The molecule has 4 aromatic rings. The summed E-state index contributed by atoms with van der Waals surface area (Å²) in [5.74, 6) is -1.57. The van der Waals surface area contributed by atoms with Gasteiger partial charge in [-0.15, -0.1) is 0 Å². The highest BCUT2D eigenvalue weighted by Crippen LogP contribution is 2.31. The number of nitrogens with zero attached hydrogens (tertiary/aromatic N) is 2. The van der Waals surface area contributed by atoms with E-state index < -0.39 is 35.6 Å². The number of ether oxygens (including phenoxy) is 1. The maximum atomic E-state index is 14.4. The van der Waals surface area contributed by atoms with Crippen molar-refractivity contribution >= 4 is 16.7 Å². The van der Waals surface area contributed by atoms with Gasteiger partial charge in [0.1, 0.15) is 6.23 Å². The van der Waals surface area contributed by atoms with Crippen molar-refractivity contribution in [1.29, 1.82) is 0 Å². The first-order valence-electron chi connectivity index (χ1n) is 10.4. The number of para-hydroxylation sites is 1. The van der Waals surface area contributed by atoms with Crippen molar-refractivity contribution in [2.45, 2.75) is 25.6 Å². The predicted molar refractivity (Wildman–Crippen MR) is 117 cm³/mol. The van der Waals surface area contributed by atoms with E-state index in [-0.39, 0.29) is 0 Å². The Bertz CT molecular complexity index is 1430. The van der Waals surface area contributed by atoms with Crippen LogP contribution in [0.1, 0.15) is 29.4 Å². The average molecular weight is 433 g/mol. The minimum Gasteiger partial charge on any atom is -0.358 e. The Labute approximate surface area is 181 Å². The third kappa shape index (κ3) is 3.38. The number of Topliss-reactive ketones (excluding diaryl/α,β-unsaturated/α-hetero) is 1. The topological polar surface area (TPSA) is 86.1 Å². The number of carbonyl (C=O) groups is 1. The fraction of sp³-hybridized carbons (Fsp3) is 0.208. The van der Waals surface area contributed by atoms with Crippen molar-refractivity contribution in [2.75, 3.05) is 6.61 Å². The number of aromatic nitrogens is 3. The Balaban J connectivity index is 1.63. The monoisotopic (exact) mass is 433 g/mol. The van der Waals surface area contributed by atoms with E-state index in [0.29, 0.717) is 34.2 Å². The fourth-order valence-corrected chi connectivity index (χ4v) is 4.19. The molecule has 0 radical (unpaired) electrons. The molecule has 0 unspecified atom stereocenters. The summed E-state index contributed by atoms with van der Waals surface area (Å²) in [6.45, 7) is -0.129. The van der Waals surface area contributed by atoms with Crippen LogP contribution in [0.25, 0.3) is 22.2 Å². The SMILES string of the molecule is O=C(Cn1c(=O)c(F)cn([C@@H]2CCCO2)c1=O)c1c(-c2ccccc2)[nH]c2ccccc12. The Morgan fingerprint density at radius 2 is 1.84 bits per heavy atom. The Kier molecular flexibility index (Phi) is 5.07. The Morgan fingerprint density at radius 3 is 2.59 bits per heavy atom. The van der Waals surface area contributed by atoms with Crippen LogP contribution < -0.4 is 11.2 Å². The van der Waals surface area contributed by atoms with Gasteiger partial charge in [0.2, 0.25) is 5.82 Å². The molecule has 2 aromatic heterocycles. The minimum absolute atomic E-state index is 0.353. The van der Waals surface area contributed by atoms with Crippen molar-refractivity contribution < 1.29 is 13.9 Å². The summed E-state index contributed by atoms with van der Waals surface area (Å²) in [4.78, 5) is 42.1. The lowest BCUT2D eigenvalue weighted by molar-refractivity contribution is 0.0501. The van der Waals surface area contributed by atoms with Gasteiger partial charge >= 0.3 is 5.69 Å². The normalized spacial score (nSPS) is 16.0. The second-order valence-electron chi connectivity index (χ2n) is 7.74. The molecule has 1 aliphatic rings. The maximum Gasteiger partial charge on any atom is 0.333 e. The summed E-state index contributed by atoms with van der Waals surface area (Å²) in [6, 6.07) is 16.6. The molecule has 5 rings (SSSR count). The standard InChI is InChI=1S/C24H20FN3O4/c25-17-13-27(20-11-6-12-32-20)24(31)28(23(17)30)14-19(29)21-16-9-4-5-10-18(16)26-22(21)15-7-2-1-3-8-15/h1-5,7-10,13,20,26H,6,11-12,14H2/t20-/m0/s1. The highest BCUT2D eigenvalue weighted by atomic mass is 19.1. The number of hydrogen-bond donors (Lipinski definition) is 1. The number of H-pyrrole nitrogens is 1. The van der Waals surface area contributed by atoms with Gasteiger partial charge in [0.15, 0.2) is 5.78 Å². The molecule has 0 amide bonds. The van der Waals surface area contributed by atoms with Crippen molar-refractivity contribution in [3.8, 4) is 11.3 Å². The summed E-state index contributed by atoms with van der Waals surface area (Å²) >= 11 is 0. The lowest BCUT2D eigenvalue weighted by Crippen LogP contribution is -2.43. The second-order valence-corrected chi connectivity index (χ2v) is 7.74. The molecule has 1 atom stereocenters. The smallest absolute Gasteiger partial charge is 0.333 e. The molecule has 1 N–H and O–H groups in total. The first-order chi connectivity index (χ1) is 15.5. The van der Waals surface area contributed by atoms with E-state index in [1.807, 2.05) is 42.5 Å². The fourth-order valence-electron chi connectivity index (χ4n) is 4.19. The van der Waals surface area contributed by atoms with Crippen LogP contribution in [0.4, 0.5) is 4.39 Å². The van der Waals surface area contributed by atoms with E-state index >= 15 is 0 Å². The molecule has 0 aliphatic carbocycles. The molecule has 7 nitrogen and oxygen atoms in total. The number of aromatic amines is 1. The summed E-state index contributed by atoms with van der Waals surface area (Å²) < 4.78 is 21.6. The van der Waals surface area contributed by atoms with E-state index in [9.17, 15) is 18.8 Å². The Morgan fingerprint density at radius 1 is 1.09 bits per heavy atom. The van der Waals surface area contributed by atoms with Gasteiger partial charge < -0.3 is 9.72 Å². The summed E-state index contributed by atoms with van der Waals surface area (Å²) in [5.41, 5.74) is 0.580. The van der Waals surface area contributed by atoms with Crippen molar-refractivity contribution in [2.24, 2.45) is 0 Å². The summed E-state index contributed by atoms with van der Waals surface area (Å²) in [5, 5.41) is 0.667. The lowest BCUT2D eigenvalue weighted by atomic mass is 10.0. The highest BCUT2D eigenvalue weighted by Gasteiger charge is 2.25. The van der Waals surface area contributed by atoms with Crippen LogP contribution >= 0.6 is 0 Å². The van der Waals surface area contributed by atoms with E-state index in [2.05, 4.69) is 4.98 Å². The molecule has 1 saturated heterocycles. The lowest BCUT2D eigenvalue weighted by Gasteiger charge is -2.15. The second kappa shape index (κ2) is 8.05. The van der Waals surface area contributed by atoms with Crippen LogP contribution in [0.5, 0.6) is 0 Å². The van der Waals surface area contributed by atoms with Gasteiger partial charge in [-0.3, -0.25) is 14.2 Å². The zero-order valence-corrected chi connectivity index (χ0v) is 17.1. The quantitative estimate of drug-likeness (QED) is 0.488. The first-order valence-corrected chi connectivity index (χ1v) is 10.4. The molecule has 32 heavy (non-hydrogen) atoms. The van der Waals surface area contributed by atoms with Gasteiger partial charge in [0, 0.05) is 17.5 Å². The molecule has 2 aromatic carbocycles. The van der Waals surface area contributed by atoms with Gasteiger partial charge in [-0.1, -0.05) is 48.5 Å². The van der Waals surface area contributed by atoms with Crippen molar-refractivity contribution in [3.63, 3.8) is 0 Å². The number of ketones is 1. The van der Waals surface area contributed by atoms with Gasteiger partial charge in [-0.05, 0) is 24.5 Å². The van der Waals surface area contributed by atoms with Gasteiger partial charge in [-0.2, -0.15) is 4.39 Å². The number of halogens is 1. The van der Waals surface area contributed by atoms with Crippen LogP contribution in [-0.4, -0.2) is 26.5 Å². The predicted octanol–water partition coefficient (Wildman–Crippen LogP) is 3.49. The first kappa shape index (κ1) is 20.1. The number of benzene rings is 2. The number of nitrogens with one attached hydrogen (secondary N) is 1. The van der Waals surface area contributed by atoms with Crippen molar-refractivity contribution in [1.82, 2.24) is 14.1 Å². The van der Waals surface area contributed by atoms with Gasteiger partial charge in [-0.25, -0.2) is 9.36 Å². The number of rotatable bonds is 5. The number of carbonyl (C=O) groups excluding carboxylic acids is 1. The van der Waals surface area contributed by atoms with Crippen LogP contribution in [-0.2, 0) is 11.3 Å². The largest absolute Gasteiger partial charge is 0.358 e. The maximum absolute atomic E-state index is 14.4. The molecular weight excluding hydrogens is 413 g/mol. The molecule has 1 fully saturated rings. The average Bonchev–Trinajstić information content (AvgIpc) is 3.48. The van der Waals surface area contributed by atoms with Crippen LogP contribution in [0.15, 0.2) is 70.4 Å². The third-order valence-corrected chi connectivity index (χ3v) is 5.72. The van der Waals surface area contributed by atoms with Crippen LogP contribution in [0.2, 0.25) is 0 Å². The third-order valence-electron chi connectivity index (χ3n) is 5.72. The van der Waals surface area contributed by atoms with Gasteiger partial charge in [0.25, 0.3) is 5.56 Å². The summed E-state index contributed by atoms with van der Waals surface area (Å²) in [6.07, 6.45) is 1.48. The molecule has 0 bridgehead atoms. The molecule has 3 heterocycles. The highest BCUT2D eigenvalue weighted by molar-refractivity contribution is 6.13. The Hall–Kier alpha value is -3.78. The van der Waals surface area contributed by atoms with E-state index in [4.69, 9.17) is 4.74 Å². The van der Waals surface area contributed by atoms with E-state index in [0.717, 1.165) is 28.3 Å². The molecular formula is C24H20FN3O4. The zero-order valence-electron chi connectivity index (χ0n) is 17.1. The van der Waals surface area contributed by atoms with Crippen LogP contribution in [0, 0.1) is 5.82 Å². The molecule has 0 spiro atoms. The molecule has 1 aliphatic heterocycles. The van der Waals surface area contributed by atoms with E-state index in [1.54, 1.807) is 12.1 Å². The van der Waals surface area contributed by atoms with E-state index in [1.165, 1.54) is 0 Å². The minimum atomic E-state index is -1.13. The molecule has 0 saturated carbocycles. The number of fused-ring (bicyclic) bond motifs is 1. The number of hydrogen-bond acceptors (Lipinski definition) is 4. The molecule has 162 valence electrons. The van der Waals surface area contributed by atoms with Crippen LogP contribution in [0.3, 0.4) is 0 Å². The van der Waals surface area contributed by atoms with Crippen molar-refractivity contribution in [3.05, 3.63) is 93.0 Å². The van der Waals surface area contributed by atoms with Gasteiger partial charge in [0.05, 0.1) is 24.0 Å². The summed E-state index contributed by atoms with van der Waals surface area (Å²) in [7, 11) is 0. The zero-order chi connectivity index (χ0) is 22.2.